The monoisotopic (exact) mass is 384 g/mol. The summed E-state index contributed by atoms with van der Waals surface area (Å²) in [5, 5.41) is 6.60. The summed E-state index contributed by atoms with van der Waals surface area (Å²) in [5.74, 6) is 1.23. The lowest BCUT2D eigenvalue weighted by molar-refractivity contribution is 0.0558. The number of piperazine rings is 1. The SMILES string of the molecule is COc1ccc(N2CCN(C3CCCN(C(=O)c4cc(N)n[nH]4)C3)CC2)cc1. The maximum Gasteiger partial charge on any atom is 0.271 e. The molecule has 2 aromatic rings. The first-order valence-corrected chi connectivity index (χ1v) is 9.87. The molecule has 1 unspecified atom stereocenters. The van der Waals surface area contributed by atoms with Crippen LogP contribution in [0.15, 0.2) is 30.3 Å². The van der Waals surface area contributed by atoms with Crippen LogP contribution in [0.5, 0.6) is 5.75 Å². The second-order valence-corrected chi connectivity index (χ2v) is 7.47. The molecule has 2 fully saturated rings. The number of aromatic nitrogens is 2. The summed E-state index contributed by atoms with van der Waals surface area (Å²) in [6.45, 7) is 5.56. The molecule has 28 heavy (non-hydrogen) atoms. The molecule has 0 bridgehead atoms. The van der Waals surface area contributed by atoms with Crippen LogP contribution >= 0.6 is 0 Å². The zero-order chi connectivity index (χ0) is 19.5. The summed E-state index contributed by atoms with van der Waals surface area (Å²) >= 11 is 0. The lowest BCUT2D eigenvalue weighted by Crippen LogP contribution is -2.55. The fourth-order valence-electron chi connectivity index (χ4n) is 4.19. The molecule has 3 N–H and O–H groups in total. The zero-order valence-corrected chi connectivity index (χ0v) is 16.3. The van der Waals surface area contributed by atoms with Gasteiger partial charge >= 0.3 is 0 Å². The van der Waals surface area contributed by atoms with E-state index in [1.807, 2.05) is 17.0 Å². The molecule has 0 spiro atoms. The Morgan fingerprint density at radius 3 is 2.57 bits per heavy atom. The van der Waals surface area contributed by atoms with Crippen molar-refractivity contribution in [3.63, 3.8) is 0 Å². The van der Waals surface area contributed by atoms with Crippen molar-refractivity contribution < 1.29 is 9.53 Å². The van der Waals surface area contributed by atoms with Gasteiger partial charge in [-0.05, 0) is 37.1 Å². The molecule has 150 valence electrons. The zero-order valence-electron chi connectivity index (χ0n) is 16.3. The molecule has 8 heteroatoms. The molecule has 1 aromatic heterocycles. The number of rotatable bonds is 4. The van der Waals surface area contributed by atoms with Gasteiger partial charge in [0.25, 0.3) is 5.91 Å². The van der Waals surface area contributed by atoms with E-state index >= 15 is 0 Å². The molecular formula is C20H28N6O2. The molecule has 1 atom stereocenters. The Balaban J connectivity index is 1.33. The molecule has 8 nitrogen and oxygen atoms in total. The average molecular weight is 384 g/mol. The van der Waals surface area contributed by atoms with E-state index in [1.165, 1.54) is 5.69 Å². The number of anilines is 2. The van der Waals surface area contributed by atoms with Gasteiger partial charge in [-0.1, -0.05) is 0 Å². The van der Waals surface area contributed by atoms with E-state index in [1.54, 1.807) is 13.2 Å². The molecule has 2 aliphatic rings. The Kier molecular flexibility index (Phi) is 5.38. The van der Waals surface area contributed by atoms with Crippen LogP contribution in [-0.4, -0.2) is 78.3 Å². The van der Waals surface area contributed by atoms with Crippen LogP contribution < -0.4 is 15.4 Å². The number of benzene rings is 1. The minimum atomic E-state index is -0.00855. The number of ether oxygens (including phenoxy) is 1. The number of piperidine rings is 1. The van der Waals surface area contributed by atoms with Crippen LogP contribution in [0, 0.1) is 0 Å². The van der Waals surface area contributed by atoms with Crippen LogP contribution in [0.25, 0.3) is 0 Å². The summed E-state index contributed by atoms with van der Waals surface area (Å²) in [6.07, 6.45) is 2.16. The highest BCUT2D eigenvalue weighted by Crippen LogP contribution is 2.23. The van der Waals surface area contributed by atoms with E-state index < -0.39 is 0 Å². The number of likely N-dealkylation sites (tertiary alicyclic amines) is 1. The quantitative estimate of drug-likeness (QED) is 0.829. The third-order valence-corrected chi connectivity index (χ3v) is 5.78. The van der Waals surface area contributed by atoms with Crippen molar-refractivity contribution in [1.82, 2.24) is 20.0 Å². The van der Waals surface area contributed by atoms with Crippen LogP contribution in [0.4, 0.5) is 11.5 Å². The Bertz CT molecular complexity index is 797. The van der Waals surface area contributed by atoms with Gasteiger partial charge in [-0.2, -0.15) is 5.10 Å². The van der Waals surface area contributed by atoms with Gasteiger partial charge < -0.3 is 20.3 Å². The number of carbonyl (C=O) groups excluding carboxylic acids is 1. The molecule has 1 aromatic carbocycles. The first-order chi connectivity index (χ1) is 13.6. The average Bonchev–Trinajstić information content (AvgIpc) is 3.20. The van der Waals surface area contributed by atoms with Gasteiger partial charge in [0.2, 0.25) is 0 Å². The van der Waals surface area contributed by atoms with Crippen molar-refractivity contribution in [2.75, 3.05) is 57.0 Å². The number of amides is 1. The molecule has 2 saturated heterocycles. The minimum Gasteiger partial charge on any atom is -0.497 e. The highest BCUT2D eigenvalue weighted by molar-refractivity contribution is 5.93. The van der Waals surface area contributed by atoms with E-state index in [0.29, 0.717) is 17.6 Å². The minimum absolute atomic E-state index is 0.00855. The predicted molar refractivity (Wildman–Crippen MR) is 109 cm³/mol. The number of methoxy groups -OCH3 is 1. The fraction of sp³-hybridized carbons (Fsp3) is 0.500. The highest BCUT2D eigenvalue weighted by Gasteiger charge is 2.30. The number of nitrogens with one attached hydrogen (secondary N) is 1. The van der Waals surface area contributed by atoms with Crippen LogP contribution in [0.2, 0.25) is 0 Å². The Morgan fingerprint density at radius 2 is 1.93 bits per heavy atom. The molecule has 0 saturated carbocycles. The van der Waals surface area contributed by atoms with Gasteiger partial charge in [0.15, 0.2) is 0 Å². The van der Waals surface area contributed by atoms with Crippen molar-refractivity contribution >= 4 is 17.4 Å². The third kappa shape index (κ3) is 3.91. The van der Waals surface area contributed by atoms with Crippen molar-refractivity contribution in [1.29, 1.82) is 0 Å². The number of aromatic amines is 1. The van der Waals surface area contributed by atoms with Gasteiger partial charge in [0.1, 0.15) is 17.3 Å². The summed E-state index contributed by atoms with van der Waals surface area (Å²) < 4.78 is 5.24. The number of carbonyl (C=O) groups is 1. The maximum atomic E-state index is 12.7. The van der Waals surface area contributed by atoms with Gasteiger partial charge in [-0.3, -0.25) is 14.8 Å². The van der Waals surface area contributed by atoms with E-state index in [4.69, 9.17) is 10.5 Å². The van der Waals surface area contributed by atoms with Crippen LogP contribution in [0.3, 0.4) is 0 Å². The topological polar surface area (TPSA) is 90.7 Å². The van der Waals surface area contributed by atoms with Gasteiger partial charge in [0, 0.05) is 57.1 Å². The van der Waals surface area contributed by atoms with E-state index in [2.05, 4.69) is 32.1 Å². The normalized spacial score (nSPS) is 21.0. The number of hydrogen-bond donors (Lipinski definition) is 2. The second-order valence-electron chi connectivity index (χ2n) is 7.47. The Hall–Kier alpha value is -2.74. The standard InChI is InChI=1S/C20H28N6O2/c1-28-17-6-4-15(5-7-17)24-9-11-25(12-10-24)16-3-2-8-26(14-16)20(27)18-13-19(21)23-22-18/h4-7,13,16H,2-3,8-12,14H2,1H3,(H3,21,22,23). The summed E-state index contributed by atoms with van der Waals surface area (Å²) in [6, 6.07) is 10.3. The number of nitrogen functional groups attached to an aromatic ring is 1. The number of nitrogens with two attached hydrogens (primary N) is 1. The van der Waals surface area contributed by atoms with Crippen molar-refractivity contribution in [2.24, 2.45) is 0 Å². The Labute approximate surface area is 165 Å². The van der Waals surface area contributed by atoms with E-state index in [-0.39, 0.29) is 5.91 Å². The molecule has 0 radical (unpaired) electrons. The lowest BCUT2D eigenvalue weighted by Gasteiger charge is -2.43. The van der Waals surface area contributed by atoms with Crippen LogP contribution in [0.1, 0.15) is 23.3 Å². The molecule has 1 amide bonds. The Morgan fingerprint density at radius 1 is 1.18 bits per heavy atom. The predicted octanol–water partition coefficient (Wildman–Crippen LogP) is 1.43. The summed E-state index contributed by atoms with van der Waals surface area (Å²) in [5.41, 5.74) is 7.34. The van der Waals surface area contributed by atoms with E-state index in [0.717, 1.165) is 57.9 Å². The molecular weight excluding hydrogens is 356 g/mol. The van der Waals surface area contributed by atoms with Crippen LogP contribution in [-0.2, 0) is 0 Å². The molecule has 2 aliphatic heterocycles. The lowest BCUT2D eigenvalue weighted by atomic mass is 10.0. The second kappa shape index (κ2) is 8.10. The largest absolute Gasteiger partial charge is 0.497 e. The third-order valence-electron chi connectivity index (χ3n) is 5.78. The first-order valence-electron chi connectivity index (χ1n) is 9.87. The summed E-state index contributed by atoms with van der Waals surface area (Å²) in [7, 11) is 1.69. The maximum absolute atomic E-state index is 12.7. The molecule has 3 heterocycles. The van der Waals surface area contributed by atoms with Gasteiger partial charge in [-0.15, -0.1) is 0 Å². The van der Waals surface area contributed by atoms with Gasteiger partial charge in [-0.25, -0.2) is 0 Å². The smallest absolute Gasteiger partial charge is 0.271 e. The van der Waals surface area contributed by atoms with Crippen molar-refractivity contribution in [2.45, 2.75) is 18.9 Å². The number of nitrogens with zero attached hydrogens (tertiary/aromatic N) is 4. The van der Waals surface area contributed by atoms with Gasteiger partial charge in [0.05, 0.1) is 7.11 Å². The fourth-order valence-corrected chi connectivity index (χ4v) is 4.19. The number of H-pyrrole nitrogens is 1. The molecule has 0 aliphatic carbocycles. The number of hydrogen-bond acceptors (Lipinski definition) is 6. The van der Waals surface area contributed by atoms with E-state index in [9.17, 15) is 4.79 Å². The molecule has 4 rings (SSSR count). The van der Waals surface area contributed by atoms with Crippen molar-refractivity contribution in [3.8, 4) is 5.75 Å². The highest BCUT2D eigenvalue weighted by atomic mass is 16.5. The summed E-state index contributed by atoms with van der Waals surface area (Å²) in [4.78, 5) is 19.6. The first kappa shape index (κ1) is 18.6. The van der Waals surface area contributed by atoms with Crippen molar-refractivity contribution in [3.05, 3.63) is 36.0 Å².